The Morgan fingerprint density at radius 1 is 0.829 bits per heavy atom. The third-order valence-electron chi connectivity index (χ3n) is 5.02. The highest BCUT2D eigenvalue weighted by Gasteiger charge is 2.30. The minimum atomic E-state index is -4.44. The van der Waals surface area contributed by atoms with Gasteiger partial charge in [-0.2, -0.15) is 13.2 Å². The SMILES string of the molecule is COc1cc(/C=C\c2cccc(N/C=C\C(=O)c3ccc(C(F)(F)F)cc3)c2)cc(OC)c1OC. The van der Waals surface area contributed by atoms with Crippen molar-refractivity contribution in [1.29, 1.82) is 0 Å². The van der Waals surface area contributed by atoms with Gasteiger partial charge >= 0.3 is 6.18 Å². The standard InChI is InChI=1S/C27H24F3NO4/c1-33-24-16-19(17-25(34-2)26(24)35-3)8-7-18-5-4-6-22(15-18)31-14-13-23(32)20-9-11-21(12-10-20)27(28,29)30/h4-17,31H,1-3H3/b8-7-,14-13-. The predicted octanol–water partition coefficient (Wildman–Crippen LogP) is 6.71. The van der Waals surface area contributed by atoms with Crippen LogP contribution in [0.2, 0.25) is 0 Å². The predicted molar refractivity (Wildman–Crippen MR) is 130 cm³/mol. The van der Waals surface area contributed by atoms with Crippen molar-refractivity contribution in [2.75, 3.05) is 26.6 Å². The average molecular weight is 483 g/mol. The van der Waals surface area contributed by atoms with Crippen LogP contribution in [0.1, 0.15) is 27.0 Å². The number of alkyl halides is 3. The van der Waals surface area contributed by atoms with Gasteiger partial charge in [-0.25, -0.2) is 0 Å². The molecule has 0 radical (unpaired) electrons. The number of anilines is 1. The second kappa shape index (κ2) is 11.3. The van der Waals surface area contributed by atoms with Gasteiger partial charge in [0.1, 0.15) is 0 Å². The lowest BCUT2D eigenvalue weighted by Crippen LogP contribution is -2.05. The first-order valence-corrected chi connectivity index (χ1v) is 10.5. The summed E-state index contributed by atoms with van der Waals surface area (Å²) in [6.07, 6.45) is 2.07. The van der Waals surface area contributed by atoms with Crippen molar-refractivity contribution in [2.45, 2.75) is 6.18 Å². The molecule has 0 atom stereocenters. The summed E-state index contributed by atoms with van der Waals surface area (Å²) in [5.74, 6) is 1.19. The van der Waals surface area contributed by atoms with Gasteiger partial charge in [0.2, 0.25) is 5.75 Å². The van der Waals surface area contributed by atoms with Crippen LogP contribution in [-0.2, 0) is 6.18 Å². The molecule has 0 spiro atoms. The number of hydrogen-bond acceptors (Lipinski definition) is 5. The second-order valence-electron chi connectivity index (χ2n) is 7.33. The van der Waals surface area contributed by atoms with Crippen LogP contribution in [0.3, 0.4) is 0 Å². The van der Waals surface area contributed by atoms with Gasteiger partial charge in [0.05, 0.1) is 26.9 Å². The van der Waals surface area contributed by atoms with E-state index in [9.17, 15) is 18.0 Å². The molecule has 0 bridgehead atoms. The number of carbonyl (C=O) groups excluding carboxylic acids is 1. The number of carbonyl (C=O) groups is 1. The maximum Gasteiger partial charge on any atom is 0.416 e. The van der Waals surface area contributed by atoms with E-state index in [1.165, 1.54) is 12.3 Å². The highest BCUT2D eigenvalue weighted by Crippen LogP contribution is 2.38. The van der Waals surface area contributed by atoms with Crippen LogP contribution >= 0.6 is 0 Å². The Morgan fingerprint density at radius 3 is 2.03 bits per heavy atom. The van der Waals surface area contributed by atoms with Gasteiger partial charge in [-0.05, 0) is 47.5 Å². The molecule has 0 saturated heterocycles. The number of ether oxygens (including phenoxy) is 3. The Morgan fingerprint density at radius 2 is 1.46 bits per heavy atom. The molecular formula is C27H24F3NO4. The highest BCUT2D eigenvalue weighted by atomic mass is 19.4. The number of rotatable bonds is 9. The monoisotopic (exact) mass is 483 g/mol. The molecule has 182 valence electrons. The molecule has 8 heteroatoms. The van der Waals surface area contributed by atoms with Gasteiger partial charge in [0.25, 0.3) is 0 Å². The van der Waals surface area contributed by atoms with E-state index in [2.05, 4.69) is 5.32 Å². The molecule has 0 amide bonds. The van der Waals surface area contributed by atoms with Crippen molar-refractivity contribution < 1.29 is 32.2 Å². The molecule has 0 unspecified atom stereocenters. The third-order valence-corrected chi connectivity index (χ3v) is 5.02. The van der Waals surface area contributed by atoms with Crippen LogP contribution in [0, 0.1) is 0 Å². The van der Waals surface area contributed by atoms with Crippen LogP contribution in [0.15, 0.2) is 72.9 Å². The highest BCUT2D eigenvalue weighted by molar-refractivity contribution is 6.04. The summed E-state index contributed by atoms with van der Waals surface area (Å²) in [6.45, 7) is 0. The zero-order valence-electron chi connectivity index (χ0n) is 19.3. The number of allylic oxidation sites excluding steroid dienone is 1. The van der Waals surface area contributed by atoms with E-state index in [0.717, 1.165) is 41.1 Å². The van der Waals surface area contributed by atoms with Gasteiger partial charge in [-0.1, -0.05) is 36.4 Å². The van der Waals surface area contributed by atoms with Crippen molar-refractivity contribution in [2.24, 2.45) is 0 Å². The lowest BCUT2D eigenvalue weighted by atomic mass is 10.1. The van der Waals surface area contributed by atoms with Gasteiger partial charge in [0, 0.05) is 23.5 Å². The minimum Gasteiger partial charge on any atom is -0.493 e. The van der Waals surface area contributed by atoms with E-state index < -0.39 is 17.5 Å². The van der Waals surface area contributed by atoms with Gasteiger partial charge in [-0.3, -0.25) is 4.79 Å². The molecule has 5 nitrogen and oxygen atoms in total. The van der Waals surface area contributed by atoms with Gasteiger partial charge in [0.15, 0.2) is 17.3 Å². The van der Waals surface area contributed by atoms with E-state index in [1.807, 2.05) is 48.6 Å². The molecule has 35 heavy (non-hydrogen) atoms. The molecule has 0 aromatic heterocycles. The molecule has 0 fully saturated rings. The first kappa shape index (κ1) is 25.4. The molecule has 0 aliphatic rings. The summed E-state index contributed by atoms with van der Waals surface area (Å²) in [7, 11) is 4.64. The molecular weight excluding hydrogens is 459 g/mol. The fourth-order valence-corrected chi connectivity index (χ4v) is 3.26. The van der Waals surface area contributed by atoms with E-state index in [0.29, 0.717) is 17.2 Å². The third kappa shape index (κ3) is 6.66. The fourth-order valence-electron chi connectivity index (χ4n) is 3.26. The van der Waals surface area contributed by atoms with E-state index >= 15 is 0 Å². The second-order valence-corrected chi connectivity index (χ2v) is 7.33. The number of hydrogen-bond donors (Lipinski definition) is 1. The number of nitrogens with one attached hydrogen (secondary N) is 1. The Kier molecular flexibility index (Phi) is 8.20. The quantitative estimate of drug-likeness (QED) is 0.208. The summed E-state index contributed by atoms with van der Waals surface area (Å²) >= 11 is 0. The first-order valence-electron chi connectivity index (χ1n) is 10.5. The number of methoxy groups -OCH3 is 3. The normalized spacial score (nSPS) is 11.6. The van der Waals surface area contributed by atoms with E-state index in [-0.39, 0.29) is 5.56 Å². The zero-order chi connectivity index (χ0) is 25.4. The molecule has 3 rings (SSSR count). The van der Waals surface area contributed by atoms with Crippen molar-refractivity contribution in [3.05, 3.63) is 95.2 Å². The number of benzene rings is 3. The van der Waals surface area contributed by atoms with Crippen molar-refractivity contribution in [3.8, 4) is 17.2 Å². The van der Waals surface area contributed by atoms with Crippen LogP contribution in [0.25, 0.3) is 12.2 Å². The smallest absolute Gasteiger partial charge is 0.416 e. The first-order chi connectivity index (χ1) is 16.7. The number of halogens is 3. The molecule has 0 saturated carbocycles. The average Bonchev–Trinajstić information content (AvgIpc) is 2.86. The van der Waals surface area contributed by atoms with Gasteiger partial charge in [-0.15, -0.1) is 0 Å². The molecule has 0 aliphatic carbocycles. The molecule has 3 aromatic carbocycles. The fraction of sp³-hybridized carbons (Fsp3) is 0.148. The van der Waals surface area contributed by atoms with E-state index in [4.69, 9.17) is 14.2 Å². The summed E-state index contributed by atoms with van der Waals surface area (Å²) < 4.78 is 54.1. The summed E-state index contributed by atoms with van der Waals surface area (Å²) in [4.78, 5) is 12.2. The lowest BCUT2D eigenvalue weighted by molar-refractivity contribution is -0.137. The Hall–Kier alpha value is -4.20. The molecule has 0 heterocycles. The Bertz CT molecular complexity index is 1210. The van der Waals surface area contributed by atoms with Crippen molar-refractivity contribution in [3.63, 3.8) is 0 Å². The lowest BCUT2D eigenvalue weighted by Gasteiger charge is -2.12. The summed E-state index contributed by atoms with van der Waals surface area (Å²) in [5, 5.41) is 3.00. The summed E-state index contributed by atoms with van der Waals surface area (Å²) in [5.41, 5.74) is 1.84. The largest absolute Gasteiger partial charge is 0.493 e. The minimum absolute atomic E-state index is 0.165. The van der Waals surface area contributed by atoms with Crippen LogP contribution in [0.5, 0.6) is 17.2 Å². The van der Waals surface area contributed by atoms with Crippen LogP contribution in [-0.4, -0.2) is 27.1 Å². The molecule has 3 aromatic rings. The van der Waals surface area contributed by atoms with E-state index in [1.54, 1.807) is 21.3 Å². The summed E-state index contributed by atoms with van der Waals surface area (Å²) in [6, 6.07) is 15.2. The molecule has 0 aliphatic heterocycles. The topological polar surface area (TPSA) is 56.8 Å². The van der Waals surface area contributed by atoms with Crippen LogP contribution in [0.4, 0.5) is 18.9 Å². The van der Waals surface area contributed by atoms with Gasteiger partial charge < -0.3 is 19.5 Å². The maximum atomic E-state index is 12.7. The maximum absolute atomic E-state index is 12.7. The Labute approximate surface area is 201 Å². The number of ketones is 1. The van der Waals surface area contributed by atoms with Crippen LogP contribution < -0.4 is 19.5 Å². The molecule has 1 N–H and O–H groups in total. The Balaban J connectivity index is 1.68. The van der Waals surface area contributed by atoms with Crippen molar-refractivity contribution >= 4 is 23.6 Å². The zero-order valence-corrected chi connectivity index (χ0v) is 19.3. The van der Waals surface area contributed by atoms with Crippen molar-refractivity contribution in [1.82, 2.24) is 0 Å².